The monoisotopic (exact) mass is 346 g/mol. The van der Waals surface area contributed by atoms with Crippen LogP contribution in [0.3, 0.4) is 0 Å². The summed E-state index contributed by atoms with van der Waals surface area (Å²) in [5, 5.41) is 2.05. The van der Waals surface area contributed by atoms with Gasteiger partial charge in [-0.3, -0.25) is 4.79 Å². The number of nitrogens with zero attached hydrogens (tertiary/aromatic N) is 1. The van der Waals surface area contributed by atoms with Gasteiger partial charge in [-0.25, -0.2) is 10.4 Å². The summed E-state index contributed by atoms with van der Waals surface area (Å²) >= 11 is 11.5. The molecule has 0 bridgehead atoms. The fourth-order valence-corrected chi connectivity index (χ4v) is 2.35. The number of carbonyl (C=O) groups is 1. The molecule has 0 heterocycles. The lowest BCUT2D eigenvalue weighted by atomic mass is 10.1. The average molecular weight is 347 g/mol. The Labute approximate surface area is 147 Å². The molecule has 2 aromatic rings. The summed E-state index contributed by atoms with van der Waals surface area (Å²) in [6, 6.07) is 16.2. The number of hydrogen-bond acceptors (Lipinski definition) is 3. The number of carbonyl (C=O) groups excluding carboxylic acids is 1. The van der Waals surface area contributed by atoms with Crippen molar-refractivity contribution >= 4 is 34.7 Å². The van der Waals surface area contributed by atoms with E-state index in [9.17, 15) is 4.79 Å². The van der Waals surface area contributed by atoms with E-state index >= 15 is 0 Å². The zero-order chi connectivity index (χ0) is 17.0. The van der Waals surface area contributed by atoms with E-state index in [4.69, 9.17) is 23.8 Å². The Morgan fingerprint density at radius 3 is 2.09 bits per heavy atom. The van der Waals surface area contributed by atoms with Crippen LogP contribution >= 0.6 is 23.8 Å². The molecule has 0 unspecified atom stereocenters. The highest BCUT2D eigenvalue weighted by molar-refractivity contribution is 7.80. The molecule has 0 fully saturated rings. The van der Waals surface area contributed by atoms with Gasteiger partial charge < -0.3 is 0 Å². The van der Waals surface area contributed by atoms with Gasteiger partial charge in [-0.15, -0.1) is 0 Å². The van der Waals surface area contributed by atoms with Crippen LogP contribution in [0.2, 0.25) is 5.02 Å². The Balaban J connectivity index is 2.36. The first-order valence-corrected chi connectivity index (χ1v) is 8.04. The van der Waals surface area contributed by atoms with E-state index in [0.29, 0.717) is 15.6 Å². The number of amides is 1. The molecule has 0 aromatic heterocycles. The molecule has 0 radical (unpaired) electrons. The molecule has 23 heavy (non-hydrogen) atoms. The van der Waals surface area contributed by atoms with Crippen molar-refractivity contribution in [3.8, 4) is 0 Å². The van der Waals surface area contributed by atoms with Crippen molar-refractivity contribution < 1.29 is 4.79 Å². The average Bonchev–Trinajstić information content (AvgIpc) is 2.52. The highest BCUT2D eigenvalue weighted by Gasteiger charge is 2.25. The fraction of sp³-hybridized carbons (Fsp3) is 0.222. The largest absolute Gasteiger partial charge is 0.273 e. The van der Waals surface area contributed by atoms with Crippen molar-refractivity contribution in [3.63, 3.8) is 0 Å². The smallest absolute Gasteiger partial charge is 0.267 e. The van der Waals surface area contributed by atoms with Gasteiger partial charge in [0.25, 0.3) is 5.91 Å². The van der Waals surface area contributed by atoms with Gasteiger partial charge in [-0.2, -0.15) is 0 Å². The van der Waals surface area contributed by atoms with E-state index in [1.807, 2.05) is 39.0 Å². The molecular weight excluding hydrogens is 328 g/mol. The van der Waals surface area contributed by atoms with Crippen molar-refractivity contribution in [3.05, 3.63) is 70.7 Å². The van der Waals surface area contributed by atoms with Crippen LogP contribution in [0.15, 0.2) is 54.6 Å². The standard InChI is InChI=1S/C18H19ClN2OS/c1-18(2,3)20-21(16(22)13-7-5-4-6-8-13)17(23)14-9-11-15(19)12-10-14/h4-12,20H,1-3H3. The Morgan fingerprint density at radius 1 is 1.00 bits per heavy atom. The Morgan fingerprint density at radius 2 is 1.57 bits per heavy atom. The van der Waals surface area contributed by atoms with E-state index in [-0.39, 0.29) is 11.4 Å². The maximum atomic E-state index is 12.9. The normalized spacial score (nSPS) is 11.1. The first-order valence-electron chi connectivity index (χ1n) is 7.25. The van der Waals surface area contributed by atoms with Gasteiger partial charge in [-0.05, 0) is 45.0 Å². The van der Waals surface area contributed by atoms with Crippen LogP contribution in [0.5, 0.6) is 0 Å². The van der Waals surface area contributed by atoms with Gasteiger partial charge in [0.05, 0.1) is 0 Å². The molecule has 0 atom stereocenters. The van der Waals surface area contributed by atoms with E-state index in [1.54, 1.807) is 36.4 Å². The van der Waals surface area contributed by atoms with Gasteiger partial charge in [-0.1, -0.05) is 54.2 Å². The Bertz CT molecular complexity index is 693. The lowest BCUT2D eigenvalue weighted by Crippen LogP contribution is -2.54. The van der Waals surface area contributed by atoms with Crippen molar-refractivity contribution in [2.75, 3.05) is 0 Å². The summed E-state index contributed by atoms with van der Waals surface area (Å²) in [7, 11) is 0. The molecular formula is C18H19ClN2OS. The van der Waals surface area contributed by atoms with Crippen molar-refractivity contribution in [1.82, 2.24) is 10.4 Å². The number of halogens is 1. The van der Waals surface area contributed by atoms with Gasteiger partial charge >= 0.3 is 0 Å². The maximum absolute atomic E-state index is 12.9. The summed E-state index contributed by atoms with van der Waals surface area (Å²) in [6.07, 6.45) is 0. The Kier molecular flexibility index (Phi) is 5.52. The van der Waals surface area contributed by atoms with E-state index in [0.717, 1.165) is 5.56 Å². The topological polar surface area (TPSA) is 32.3 Å². The van der Waals surface area contributed by atoms with E-state index < -0.39 is 0 Å². The summed E-state index contributed by atoms with van der Waals surface area (Å²) in [5.74, 6) is -0.194. The molecule has 1 amide bonds. The van der Waals surface area contributed by atoms with Crippen LogP contribution in [-0.4, -0.2) is 21.4 Å². The third kappa shape index (κ3) is 4.86. The lowest BCUT2D eigenvalue weighted by molar-refractivity contribution is 0.0743. The zero-order valence-electron chi connectivity index (χ0n) is 13.3. The second-order valence-electron chi connectivity index (χ2n) is 6.18. The van der Waals surface area contributed by atoms with Gasteiger partial charge in [0.15, 0.2) is 0 Å². The molecule has 3 nitrogen and oxygen atoms in total. The fourth-order valence-electron chi connectivity index (χ4n) is 1.96. The van der Waals surface area contributed by atoms with E-state index in [2.05, 4.69) is 5.43 Å². The van der Waals surface area contributed by atoms with Crippen molar-refractivity contribution in [1.29, 1.82) is 0 Å². The van der Waals surface area contributed by atoms with Crippen LogP contribution in [-0.2, 0) is 0 Å². The number of hydrazine groups is 1. The SMILES string of the molecule is CC(C)(C)NN(C(=O)c1ccccc1)C(=S)c1ccc(Cl)cc1. The minimum atomic E-state index is -0.319. The predicted molar refractivity (Wildman–Crippen MR) is 98.7 cm³/mol. The summed E-state index contributed by atoms with van der Waals surface area (Å²) in [6.45, 7) is 5.92. The van der Waals surface area contributed by atoms with Gasteiger partial charge in [0.2, 0.25) is 0 Å². The number of benzene rings is 2. The molecule has 2 aromatic carbocycles. The third-order valence-corrected chi connectivity index (χ3v) is 3.64. The second kappa shape index (κ2) is 7.21. The van der Waals surface area contributed by atoms with Gasteiger partial charge in [0, 0.05) is 21.7 Å². The summed E-state index contributed by atoms with van der Waals surface area (Å²) < 4.78 is 0. The van der Waals surface area contributed by atoms with Crippen LogP contribution < -0.4 is 5.43 Å². The summed E-state index contributed by atoms with van der Waals surface area (Å²) in [4.78, 5) is 13.3. The molecule has 0 aliphatic carbocycles. The molecule has 0 saturated heterocycles. The van der Waals surface area contributed by atoms with Crippen LogP contribution in [0.1, 0.15) is 36.7 Å². The molecule has 0 spiro atoms. The highest BCUT2D eigenvalue weighted by atomic mass is 35.5. The van der Waals surface area contributed by atoms with Gasteiger partial charge in [0.1, 0.15) is 4.99 Å². The maximum Gasteiger partial charge on any atom is 0.273 e. The minimum Gasteiger partial charge on any atom is -0.267 e. The van der Waals surface area contributed by atoms with Crippen LogP contribution in [0.4, 0.5) is 0 Å². The molecule has 120 valence electrons. The predicted octanol–water partition coefficient (Wildman–Crippen LogP) is 4.46. The van der Waals surface area contributed by atoms with Crippen molar-refractivity contribution in [2.24, 2.45) is 0 Å². The minimum absolute atomic E-state index is 0.194. The van der Waals surface area contributed by atoms with E-state index in [1.165, 1.54) is 5.01 Å². The lowest BCUT2D eigenvalue weighted by Gasteiger charge is -2.32. The number of nitrogens with one attached hydrogen (secondary N) is 1. The number of hydrogen-bond donors (Lipinski definition) is 1. The molecule has 1 N–H and O–H groups in total. The first kappa shape index (κ1) is 17.6. The third-order valence-electron chi connectivity index (χ3n) is 2.97. The van der Waals surface area contributed by atoms with Crippen molar-refractivity contribution in [2.45, 2.75) is 26.3 Å². The zero-order valence-corrected chi connectivity index (χ0v) is 14.9. The molecule has 0 saturated carbocycles. The molecule has 0 aliphatic rings. The van der Waals surface area contributed by atoms with Crippen LogP contribution in [0, 0.1) is 0 Å². The Hall–Kier alpha value is -1.75. The first-order chi connectivity index (χ1) is 10.8. The van der Waals surface area contributed by atoms with Crippen LogP contribution in [0.25, 0.3) is 0 Å². The number of thiocarbonyl (C=S) groups is 1. The highest BCUT2D eigenvalue weighted by Crippen LogP contribution is 2.15. The molecule has 2 rings (SSSR count). The second-order valence-corrected chi connectivity index (χ2v) is 7.00. The molecule has 5 heteroatoms. The molecule has 0 aliphatic heterocycles. The summed E-state index contributed by atoms with van der Waals surface area (Å²) in [5.41, 5.74) is 4.18. The number of rotatable bonds is 3. The quantitative estimate of drug-likeness (QED) is 0.657.